The van der Waals surface area contributed by atoms with Crippen molar-refractivity contribution in [2.45, 2.75) is 33.1 Å². The Morgan fingerprint density at radius 3 is 3.05 bits per heavy atom. The van der Waals surface area contributed by atoms with Crippen molar-refractivity contribution in [3.05, 3.63) is 29.9 Å². The maximum Gasteiger partial charge on any atom is 0.227 e. The third-order valence-electron chi connectivity index (χ3n) is 2.96. The lowest BCUT2D eigenvalue weighted by molar-refractivity contribution is 0.359. The Bertz CT molecular complexity index is 585. The number of rotatable bonds is 5. The van der Waals surface area contributed by atoms with Crippen LogP contribution in [0.15, 0.2) is 23.0 Å². The first-order valence-electron chi connectivity index (χ1n) is 6.37. The number of nitrogens with zero attached hydrogens (tertiary/aromatic N) is 4. The summed E-state index contributed by atoms with van der Waals surface area (Å²) in [5.41, 5.74) is 2.06. The van der Waals surface area contributed by atoms with Gasteiger partial charge in [-0.05, 0) is 24.0 Å². The van der Waals surface area contributed by atoms with Gasteiger partial charge in [-0.1, -0.05) is 19.0 Å². The second kappa shape index (κ2) is 6.10. The molecule has 1 atom stereocenters. The van der Waals surface area contributed by atoms with Crippen molar-refractivity contribution in [2.24, 2.45) is 5.92 Å². The van der Waals surface area contributed by atoms with E-state index in [1.54, 1.807) is 6.20 Å². The van der Waals surface area contributed by atoms with Crippen molar-refractivity contribution in [2.75, 3.05) is 0 Å². The summed E-state index contributed by atoms with van der Waals surface area (Å²) in [6, 6.07) is 4.04. The van der Waals surface area contributed by atoms with Gasteiger partial charge in [0, 0.05) is 30.8 Å². The molecule has 0 amide bonds. The fourth-order valence-electron chi connectivity index (χ4n) is 1.90. The molecule has 0 spiro atoms. The largest absolute Gasteiger partial charge is 0.339 e. The van der Waals surface area contributed by atoms with E-state index in [-0.39, 0.29) is 5.92 Å². The summed E-state index contributed by atoms with van der Waals surface area (Å²) < 4.78 is 5.24. The van der Waals surface area contributed by atoms with Gasteiger partial charge >= 0.3 is 0 Å². The highest BCUT2D eigenvalue weighted by Crippen LogP contribution is 2.21. The fourth-order valence-corrected chi connectivity index (χ4v) is 1.90. The van der Waals surface area contributed by atoms with E-state index in [4.69, 9.17) is 9.78 Å². The molecule has 0 aliphatic carbocycles. The first kappa shape index (κ1) is 13.2. The SMILES string of the molecule is CCc1cnccc1-c1noc(CC(C)CC#N)n1. The minimum atomic E-state index is 0.224. The van der Waals surface area contributed by atoms with E-state index in [0.717, 1.165) is 17.5 Å². The molecule has 0 N–H and O–H groups in total. The monoisotopic (exact) mass is 256 g/mol. The maximum absolute atomic E-state index is 8.64. The second-order valence-electron chi connectivity index (χ2n) is 4.57. The van der Waals surface area contributed by atoms with Gasteiger partial charge in [0.15, 0.2) is 0 Å². The van der Waals surface area contributed by atoms with Gasteiger partial charge in [0.05, 0.1) is 6.07 Å². The van der Waals surface area contributed by atoms with Crippen LogP contribution in [0.2, 0.25) is 0 Å². The molecule has 5 heteroatoms. The Morgan fingerprint density at radius 1 is 1.47 bits per heavy atom. The molecule has 1 unspecified atom stereocenters. The first-order chi connectivity index (χ1) is 9.24. The quantitative estimate of drug-likeness (QED) is 0.822. The van der Waals surface area contributed by atoms with Gasteiger partial charge in [0.1, 0.15) is 0 Å². The van der Waals surface area contributed by atoms with Gasteiger partial charge in [0.25, 0.3) is 0 Å². The summed E-state index contributed by atoms with van der Waals surface area (Å²) in [6.45, 7) is 4.06. The Morgan fingerprint density at radius 2 is 2.32 bits per heavy atom. The predicted octanol–water partition coefficient (Wildman–Crippen LogP) is 2.79. The van der Waals surface area contributed by atoms with Gasteiger partial charge in [-0.3, -0.25) is 4.98 Å². The highest BCUT2D eigenvalue weighted by molar-refractivity contribution is 5.58. The molecule has 2 rings (SSSR count). The van der Waals surface area contributed by atoms with Crippen LogP contribution in [-0.4, -0.2) is 15.1 Å². The maximum atomic E-state index is 8.64. The lowest BCUT2D eigenvalue weighted by Crippen LogP contribution is -1.98. The summed E-state index contributed by atoms with van der Waals surface area (Å²) in [5, 5.41) is 12.7. The molecule has 0 fully saturated rings. The predicted molar refractivity (Wildman–Crippen MR) is 70.0 cm³/mol. The van der Waals surface area contributed by atoms with Crippen molar-refractivity contribution in [1.82, 2.24) is 15.1 Å². The van der Waals surface area contributed by atoms with Crippen LogP contribution in [0.1, 0.15) is 31.7 Å². The molecule has 0 radical (unpaired) electrons. The van der Waals surface area contributed by atoms with E-state index < -0.39 is 0 Å². The molecule has 19 heavy (non-hydrogen) atoms. The Labute approximate surface area is 112 Å². The number of hydrogen-bond donors (Lipinski definition) is 0. The Hall–Kier alpha value is -2.22. The van der Waals surface area contributed by atoms with Crippen LogP contribution < -0.4 is 0 Å². The van der Waals surface area contributed by atoms with Crippen molar-refractivity contribution in [3.63, 3.8) is 0 Å². The summed E-state index contributed by atoms with van der Waals surface area (Å²) in [7, 11) is 0. The van der Waals surface area contributed by atoms with Gasteiger partial charge in [-0.25, -0.2) is 0 Å². The van der Waals surface area contributed by atoms with E-state index in [9.17, 15) is 0 Å². The second-order valence-corrected chi connectivity index (χ2v) is 4.57. The van der Waals surface area contributed by atoms with E-state index in [2.05, 4.69) is 28.1 Å². The smallest absolute Gasteiger partial charge is 0.227 e. The average molecular weight is 256 g/mol. The van der Waals surface area contributed by atoms with Gasteiger partial charge in [-0.2, -0.15) is 10.2 Å². The topological polar surface area (TPSA) is 75.6 Å². The zero-order valence-corrected chi connectivity index (χ0v) is 11.1. The standard InChI is InChI=1S/C14H16N4O/c1-3-11-9-16-7-5-12(11)14-17-13(19-18-14)8-10(2)4-6-15/h5,7,9-10H,3-4,8H2,1-2H3. The van der Waals surface area contributed by atoms with Gasteiger partial charge in [-0.15, -0.1) is 0 Å². The summed E-state index contributed by atoms with van der Waals surface area (Å²) in [6.07, 6.45) is 5.55. The van der Waals surface area contributed by atoms with Crippen molar-refractivity contribution in [3.8, 4) is 17.5 Å². The molecule has 0 bridgehead atoms. The fraction of sp³-hybridized carbons (Fsp3) is 0.429. The van der Waals surface area contributed by atoms with Crippen LogP contribution in [0.4, 0.5) is 0 Å². The first-order valence-corrected chi connectivity index (χ1v) is 6.37. The highest BCUT2D eigenvalue weighted by Gasteiger charge is 2.13. The summed E-state index contributed by atoms with van der Waals surface area (Å²) >= 11 is 0. The summed E-state index contributed by atoms with van der Waals surface area (Å²) in [4.78, 5) is 8.50. The molecular weight excluding hydrogens is 240 g/mol. The molecule has 0 aromatic carbocycles. The van der Waals surface area contributed by atoms with Crippen molar-refractivity contribution >= 4 is 0 Å². The zero-order chi connectivity index (χ0) is 13.7. The molecule has 5 nitrogen and oxygen atoms in total. The molecule has 2 heterocycles. The van der Waals surface area contributed by atoms with E-state index in [1.807, 2.05) is 19.2 Å². The normalized spacial score (nSPS) is 12.1. The average Bonchev–Trinajstić information content (AvgIpc) is 2.87. The number of hydrogen-bond acceptors (Lipinski definition) is 5. The van der Waals surface area contributed by atoms with Crippen LogP contribution in [0, 0.1) is 17.2 Å². The minimum Gasteiger partial charge on any atom is -0.339 e. The molecule has 2 aromatic rings. The lowest BCUT2D eigenvalue weighted by atomic mass is 10.1. The molecule has 0 aliphatic rings. The van der Waals surface area contributed by atoms with E-state index >= 15 is 0 Å². The van der Waals surface area contributed by atoms with Gasteiger partial charge < -0.3 is 4.52 Å². The number of pyridine rings is 1. The third kappa shape index (κ3) is 3.16. The molecule has 0 saturated carbocycles. The number of nitriles is 1. The van der Waals surface area contributed by atoms with Crippen LogP contribution in [0.25, 0.3) is 11.4 Å². The number of aromatic nitrogens is 3. The van der Waals surface area contributed by atoms with Crippen molar-refractivity contribution in [1.29, 1.82) is 5.26 Å². The van der Waals surface area contributed by atoms with Crippen molar-refractivity contribution < 1.29 is 4.52 Å². The molecule has 2 aromatic heterocycles. The summed E-state index contributed by atoms with van der Waals surface area (Å²) in [5.74, 6) is 1.40. The van der Waals surface area contributed by atoms with Crippen LogP contribution in [0.5, 0.6) is 0 Å². The molecule has 0 saturated heterocycles. The third-order valence-corrected chi connectivity index (χ3v) is 2.96. The zero-order valence-electron chi connectivity index (χ0n) is 11.1. The van der Waals surface area contributed by atoms with E-state index in [0.29, 0.717) is 24.6 Å². The molecular formula is C14H16N4O. The van der Waals surface area contributed by atoms with Crippen LogP contribution in [0.3, 0.4) is 0 Å². The lowest BCUT2D eigenvalue weighted by Gasteiger charge is -2.01. The highest BCUT2D eigenvalue weighted by atomic mass is 16.5. The Balaban J connectivity index is 2.19. The van der Waals surface area contributed by atoms with Crippen LogP contribution in [-0.2, 0) is 12.8 Å². The minimum absolute atomic E-state index is 0.224. The van der Waals surface area contributed by atoms with Crippen LogP contribution >= 0.6 is 0 Å². The van der Waals surface area contributed by atoms with Gasteiger partial charge in [0.2, 0.25) is 11.7 Å². The van der Waals surface area contributed by atoms with E-state index in [1.165, 1.54) is 0 Å². The molecule has 98 valence electrons. The Kier molecular flexibility index (Phi) is 4.24. The number of aryl methyl sites for hydroxylation is 1. The molecule has 0 aliphatic heterocycles.